The monoisotopic (exact) mass is 240 g/mol. The van der Waals surface area contributed by atoms with E-state index in [0.29, 0.717) is 16.9 Å². The van der Waals surface area contributed by atoms with Crippen LogP contribution in [0.3, 0.4) is 0 Å². The summed E-state index contributed by atoms with van der Waals surface area (Å²) in [6.45, 7) is 5.57. The number of fused-ring (bicyclic) bond motifs is 3. The number of nitrogens with zero attached hydrogens (tertiary/aromatic N) is 4. The van der Waals surface area contributed by atoms with E-state index >= 15 is 0 Å². The summed E-state index contributed by atoms with van der Waals surface area (Å²) in [7, 11) is 0. The molecule has 0 aliphatic heterocycles. The normalized spacial score (nSPS) is 11.3. The van der Waals surface area contributed by atoms with Gasteiger partial charge in [-0.15, -0.1) is 0 Å². The van der Waals surface area contributed by atoms with Gasteiger partial charge in [0.1, 0.15) is 6.33 Å². The maximum atomic E-state index is 11.8. The van der Waals surface area contributed by atoms with E-state index < -0.39 is 0 Å². The first kappa shape index (κ1) is 10.8. The van der Waals surface area contributed by atoms with Gasteiger partial charge in [-0.25, -0.2) is 9.97 Å². The summed E-state index contributed by atoms with van der Waals surface area (Å²) in [5.74, 6) is 0. The molecule has 0 fully saturated rings. The highest BCUT2D eigenvalue weighted by atomic mass is 16.1. The third kappa shape index (κ3) is 1.40. The lowest BCUT2D eigenvalue weighted by Gasteiger charge is -2.08. The molecule has 0 spiro atoms. The summed E-state index contributed by atoms with van der Waals surface area (Å²) in [5, 5.41) is 0.795. The van der Waals surface area contributed by atoms with Crippen molar-refractivity contribution in [1.29, 1.82) is 0 Å². The van der Waals surface area contributed by atoms with Crippen LogP contribution < -0.4 is 5.56 Å². The summed E-state index contributed by atoms with van der Waals surface area (Å²) in [6.07, 6.45) is 1.67. The van der Waals surface area contributed by atoms with Gasteiger partial charge in [0.25, 0.3) is 5.56 Å². The first-order valence-electron chi connectivity index (χ1n) is 5.70. The van der Waals surface area contributed by atoms with Crippen LogP contribution in [0.15, 0.2) is 23.3 Å². The molecular formula is C13H12N4O. The van der Waals surface area contributed by atoms with Crippen LogP contribution in [0.5, 0.6) is 0 Å². The largest absolute Gasteiger partial charge is 0.288 e. The van der Waals surface area contributed by atoms with Crippen LogP contribution >= 0.6 is 0 Å². The Bertz CT molecular complexity index is 836. The molecule has 18 heavy (non-hydrogen) atoms. The van der Waals surface area contributed by atoms with Gasteiger partial charge in [-0.2, -0.15) is 4.98 Å². The van der Waals surface area contributed by atoms with Crippen molar-refractivity contribution in [3.05, 3.63) is 45.8 Å². The molecule has 3 aromatic rings. The zero-order valence-electron chi connectivity index (χ0n) is 10.4. The molecule has 0 unspecified atom stereocenters. The second kappa shape index (κ2) is 3.60. The molecule has 3 aromatic heterocycles. The van der Waals surface area contributed by atoms with Gasteiger partial charge in [-0.3, -0.25) is 9.20 Å². The lowest BCUT2D eigenvalue weighted by Crippen LogP contribution is -2.16. The summed E-state index contributed by atoms with van der Waals surface area (Å²) >= 11 is 0. The van der Waals surface area contributed by atoms with Gasteiger partial charge in [0.15, 0.2) is 11.3 Å². The van der Waals surface area contributed by atoms with Crippen LogP contribution in [0.2, 0.25) is 0 Å². The van der Waals surface area contributed by atoms with Gasteiger partial charge in [-0.05, 0) is 32.9 Å². The molecule has 0 saturated heterocycles. The van der Waals surface area contributed by atoms with Gasteiger partial charge in [0.05, 0.1) is 5.39 Å². The minimum Gasteiger partial charge on any atom is -0.288 e. The van der Waals surface area contributed by atoms with Crippen molar-refractivity contribution >= 4 is 16.7 Å². The van der Waals surface area contributed by atoms with Crippen LogP contribution in [0.4, 0.5) is 0 Å². The predicted octanol–water partition coefficient (Wildman–Crippen LogP) is 1.56. The van der Waals surface area contributed by atoms with E-state index in [1.54, 1.807) is 13.3 Å². The van der Waals surface area contributed by atoms with E-state index in [-0.39, 0.29) is 5.56 Å². The highest BCUT2D eigenvalue weighted by Gasteiger charge is 2.09. The lowest BCUT2D eigenvalue weighted by molar-refractivity contribution is 0.955. The van der Waals surface area contributed by atoms with Crippen molar-refractivity contribution in [2.45, 2.75) is 20.8 Å². The van der Waals surface area contributed by atoms with Crippen LogP contribution in [-0.2, 0) is 0 Å². The fraction of sp³-hybridized carbons (Fsp3) is 0.231. The summed E-state index contributed by atoms with van der Waals surface area (Å²) in [6, 6.07) is 3.80. The van der Waals surface area contributed by atoms with E-state index in [1.165, 1.54) is 0 Å². The summed E-state index contributed by atoms with van der Waals surface area (Å²) in [4.78, 5) is 24.6. The topological polar surface area (TPSA) is 60.2 Å². The lowest BCUT2D eigenvalue weighted by atomic mass is 10.2. The first-order chi connectivity index (χ1) is 8.58. The minimum atomic E-state index is -0.194. The molecule has 5 nitrogen and oxygen atoms in total. The van der Waals surface area contributed by atoms with Crippen LogP contribution in [0, 0.1) is 20.8 Å². The van der Waals surface area contributed by atoms with Crippen molar-refractivity contribution in [2.24, 2.45) is 0 Å². The van der Waals surface area contributed by atoms with Crippen molar-refractivity contribution in [2.75, 3.05) is 0 Å². The average molecular weight is 240 g/mol. The molecule has 0 saturated carbocycles. The average Bonchev–Trinajstić information content (AvgIpc) is 2.35. The molecule has 0 radical (unpaired) electrons. The van der Waals surface area contributed by atoms with E-state index in [4.69, 9.17) is 0 Å². The molecule has 0 aliphatic carbocycles. The Morgan fingerprint density at radius 3 is 2.67 bits per heavy atom. The highest BCUT2D eigenvalue weighted by molar-refractivity contribution is 5.88. The molecule has 3 heterocycles. The second-order valence-electron chi connectivity index (χ2n) is 4.39. The van der Waals surface area contributed by atoms with E-state index in [0.717, 1.165) is 16.8 Å². The Balaban J connectivity index is 2.59. The first-order valence-corrected chi connectivity index (χ1v) is 5.70. The Hall–Kier alpha value is -2.30. The van der Waals surface area contributed by atoms with E-state index in [9.17, 15) is 4.79 Å². The van der Waals surface area contributed by atoms with Crippen molar-refractivity contribution in [3.63, 3.8) is 0 Å². The fourth-order valence-electron chi connectivity index (χ4n) is 1.99. The van der Waals surface area contributed by atoms with Crippen LogP contribution in [0.1, 0.15) is 17.0 Å². The van der Waals surface area contributed by atoms with E-state index in [1.807, 2.05) is 30.4 Å². The number of aromatic nitrogens is 4. The summed E-state index contributed by atoms with van der Waals surface area (Å²) < 4.78 is 1.83. The zero-order valence-corrected chi connectivity index (χ0v) is 10.4. The van der Waals surface area contributed by atoms with Crippen LogP contribution in [0.25, 0.3) is 16.7 Å². The number of aryl methyl sites for hydroxylation is 2. The molecule has 0 atom stereocenters. The molecule has 0 aliphatic rings. The van der Waals surface area contributed by atoms with Gasteiger partial charge in [0, 0.05) is 17.0 Å². The Morgan fingerprint density at radius 2 is 1.89 bits per heavy atom. The zero-order chi connectivity index (χ0) is 12.9. The van der Waals surface area contributed by atoms with Gasteiger partial charge in [-0.1, -0.05) is 0 Å². The third-order valence-electron chi connectivity index (χ3n) is 3.21. The molecule has 0 N–H and O–H groups in total. The maximum Gasteiger partial charge on any atom is 0.276 e. The molecule has 0 amide bonds. The van der Waals surface area contributed by atoms with Crippen molar-refractivity contribution in [3.8, 4) is 0 Å². The molecule has 5 heteroatoms. The molecular weight excluding hydrogens is 228 g/mol. The van der Waals surface area contributed by atoms with E-state index in [2.05, 4.69) is 15.0 Å². The Kier molecular flexibility index (Phi) is 2.16. The highest BCUT2D eigenvalue weighted by Crippen LogP contribution is 2.16. The number of pyridine rings is 1. The minimum absolute atomic E-state index is 0.194. The van der Waals surface area contributed by atoms with Crippen molar-refractivity contribution in [1.82, 2.24) is 19.4 Å². The quantitative estimate of drug-likeness (QED) is 0.559. The van der Waals surface area contributed by atoms with Crippen molar-refractivity contribution < 1.29 is 0 Å². The third-order valence-corrected chi connectivity index (χ3v) is 3.21. The second-order valence-corrected chi connectivity index (χ2v) is 4.39. The van der Waals surface area contributed by atoms with Crippen LogP contribution in [-0.4, -0.2) is 19.4 Å². The van der Waals surface area contributed by atoms with Gasteiger partial charge < -0.3 is 0 Å². The molecule has 0 bridgehead atoms. The Labute approximate surface area is 103 Å². The number of rotatable bonds is 0. The smallest absolute Gasteiger partial charge is 0.276 e. The SMILES string of the molecule is Cc1ccc2c(ncn3c(C)c(C)c(=O)nc23)n1. The predicted molar refractivity (Wildman–Crippen MR) is 68.8 cm³/mol. The molecule has 0 aromatic carbocycles. The maximum absolute atomic E-state index is 11.8. The number of hydrogen-bond acceptors (Lipinski definition) is 4. The van der Waals surface area contributed by atoms with Gasteiger partial charge >= 0.3 is 0 Å². The number of hydrogen-bond donors (Lipinski definition) is 0. The van der Waals surface area contributed by atoms with Gasteiger partial charge in [0.2, 0.25) is 0 Å². The Morgan fingerprint density at radius 1 is 1.11 bits per heavy atom. The molecule has 3 rings (SSSR count). The fourth-order valence-corrected chi connectivity index (χ4v) is 1.99. The standard InChI is InChI=1S/C13H12N4O/c1-7-4-5-10-11(15-7)14-6-17-9(3)8(2)13(18)16-12(10)17/h4-6H,1-3H3. The molecule has 90 valence electrons. The summed E-state index contributed by atoms with van der Waals surface area (Å²) in [5.41, 5.74) is 3.44.